The lowest BCUT2D eigenvalue weighted by Gasteiger charge is -2.56. The standard InChI is InChI=1S/C26H32FN3O2/c1-17-24-14-19-4-9-22(31)15-23(19)26(17,11-13-30(24)16-18-2-3-18)10-12-28-25(32)29-21-7-5-20(27)6-8-21/h4-9,15,17-18,24,31H,2-3,10-14,16H2,1H3,(H2,28,29,32)/t17-,24+,26-/m0/s1. The third kappa shape index (κ3) is 4.08. The van der Waals surface area contributed by atoms with Crippen LogP contribution in [0.4, 0.5) is 14.9 Å². The average Bonchev–Trinajstić information content (AvgIpc) is 3.58. The quantitative estimate of drug-likeness (QED) is 0.616. The molecule has 170 valence electrons. The van der Waals surface area contributed by atoms with Crippen molar-refractivity contribution in [3.8, 4) is 5.75 Å². The fourth-order valence-electron chi connectivity index (χ4n) is 5.99. The summed E-state index contributed by atoms with van der Waals surface area (Å²) in [7, 11) is 0. The molecular weight excluding hydrogens is 405 g/mol. The summed E-state index contributed by atoms with van der Waals surface area (Å²) in [5, 5.41) is 16.0. The van der Waals surface area contributed by atoms with Gasteiger partial charge < -0.3 is 15.7 Å². The second-order valence-electron chi connectivity index (χ2n) is 9.88. The first-order chi connectivity index (χ1) is 15.4. The van der Waals surface area contributed by atoms with Gasteiger partial charge in [-0.1, -0.05) is 13.0 Å². The van der Waals surface area contributed by atoms with Gasteiger partial charge in [-0.05, 0) is 98.0 Å². The van der Waals surface area contributed by atoms with Gasteiger partial charge in [0.05, 0.1) is 0 Å². The molecule has 2 amide bonds. The van der Waals surface area contributed by atoms with E-state index in [1.54, 1.807) is 18.2 Å². The molecule has 1 saturated carbocycles. The minimum Gasteiger partial charge on any atom is -0.508 e. The van der Waals surface area contributed by atoms with E-state index in [4.69, 9.17) is 0 Å². The van der Waals surface area contributed by atoms with E-state index in [0.717, 1.165) is 31.7 Å². The molecule has 0 spiro atoms. The van der Waals surface area contributed by atoms with Crippen LogP contribution in [0.1, 0.15) is 43.7 Å². The summed E-state index contributed by atoms with van der Waals surface area (Å²) in [4.78, 5) is 15.1. The molecule has 1 aliphatic heterocycles. The number of carbonyl (C=O) groups is 1. The molecule has 0 aromatic heterocycles. The van der Waals surface area contributed by atoms with E-state index in [2.05, 4.69) is 28.5 Å². The molecule has 1 heterocycles. The number of amides is 2. The fraction of sp³-hybridized carbons (Fsp3) is 0.500. The molecule has 6 heteroatoms. The Kier molecular flexibility index (Phi) is 5.58. The van der Waals surface area contributed by atoms with Crippen molar-refractivity contribution >= 4 is 11.7 Å². The minimum atomic E-state index is -0.328. The van der Waals surface area contributed by atoms with Crippen LogP contribution < -0.4 is 10.6 Å². The predicted octanol–water partition coefficient (Wildman–Crippen LogP) is 4.66. The fourth-order valence-corrected chi connectivity index (χ4v) is 5.99. The van der Waals surface area contributed by atoms with E-state index < -0.39 is 0 Å². The maximum Gasteiger partial charge on any atom is 0.319 e. The molecule has 2 aromatic rings. The zero-order valence-corrected chi connectivity index (χ0v) is 18.6. The number of halogens is 1. The molecule has 3 atom stereocenters. The molecule has 32 heavy (non-hydrogen) atoms. The number of carbonyl (C=O) groups excluding carboxylic acids is 1. The lowest BCUT2D eigenvalue weighted by atomic mass is 9.56. The van der Waals surface area contributed by atoms with Crippen molar-refractivity contribution in [1.82, 2.24) is 10.2 Å². The Morgan fingerprint density at radius 2 is 2.00 bits per heavy atom. The highest BCUT2D eigenvalue weighted by molar-refractivity contribution is 5.89. The van der Waals surface area contributed by atoms with Crippen LogP contribution in [0.15, 0.2) is 42.5 Å². The van der Waals surface area contributed by atoms with Crippen LogP contribution in [0.25, 0.3) is 0 Å². The number of rotatable bonds is 6. The molecule has 2 fully saturated rings. The Balaban J connectivity index is 1.31. The number of hydrogen-bond donors (Lipinski definition) is 3. The Hall–Kier alpha value is -2.60. The van der Waals surface area contributed by atoms with Crippen LogP contribution >= 0.6 is 0 Å². The summed E-state index contributed by atoms with van der Waals surface area (Å²) in [5.74, 6) is 1.31. The number of aromatic hydroxyl groups is 1. The van der Waals surface area contributed by atoms with E-state index in [-0.39, 0.29) is 17.3 Å². The molecule has 5 rings (SSSR count). The van der Waals surface area contributed by atoms with Crippen LogP contribution in [-0.4, -0.2) is 41.7 Å². The summed E-state index contributed by atoms with van der Waals surface area (Å²) < 4.78 is 13.1. The normalized spacial score (nSPS) is 26.9. The first kappa shape index (κ1) is 21.3. The van der Waals surface area contributed by atoms with Gasteiger partial charge in [0, 0.05) is 30.2 Å². The minimum absolute atomic E-state index is 0.0554. The van der Waals surface area contributed by atoms with Gasteiger partial charge in [0.25, 0.3) is 0 Å². The summed E-state index contributed by atoms with van der Waals surface area (Å²) >= 11 is 0. The monoisotopic (exact) mass is 437 g/mol. The van der Waals surface area contributed by atoms with Crippen molar-refractivity contribution in [1.29, 1.82) is 0 Å². The SMILES string of the molecule is C[C@H]1[C@H]2Cc3ccc(O)cc3[C@@]1(CCNC(=O)Nc1ccc(F)cc1)CCN2CC1CC1. The lowest BCUT2D eigenvalue weighted by molar-refractivity contribution is 0.0162. The molecule has 2 aliphatic carbocycles. The van der Waals surface area contributed by atoms with Gasteiger partial charge >= 0.3 is 6.03 Å². The number of urea groups is 1. The zero-order chi connectivity index (χ0) is 22.3. The third-order valence-electron chi connectivity index (χ3n) is 7.97. The van der Waals surface area contributed by atoms with Crippen LogP contribution in [0.3, 0.4) is 0 Å². The number of nitrogens with one attached hydrogen (secondary N) is 2. The number of fused-ring (bicyclic) bond motifs is 4. The van der Waals surface area contributed by atoms with Gasteiger partial charge in [0.2, 0.25) is 0 Å². The largest absolute Gasteiger partial charge is 0.508 e. The lowest BCUT2D eigenvalue weighted by Crippen LogP contribution is -2.60. The number of piperidine rings is 1. The molecule has 0 radical (unpaired) electrons. The second kappa shape index (κ2) is 8.39. The Morgan fingerprint density at radius 3 is 2.75 bits per heavy atom. The predicted molar refractivity (Wildman–Crippen MR) is 123 cm³/mol. The van der Waals surface area contributed by atoms with Gasteiger partial charge in [0.1, 0.15) is 11.6 Å². The van der Waals surface area contributed by atoms with Crippen molar-refractivity contribution in [3.05, 3.63) is 59.4 Å². The van der Waals surface area contributed by atoms with Crippen molar-refractivity contribution in [2.24, 2.45) is 11.8 Å². The molecule has 1 saturated heterocycles. The van der Waals surface area contributed by atoms with Gasteiger partial charge in [-0.25, -0.2) is 9.18 Å². The second-order valence-corrected chi connectivity index (χ2v) is 9.88. The number of nitrogens with zero attached hydrogens (tertiary/aromatic N) is 1. The Bertz CT molecular complexity index is 991. The van der Waals surface area contributed by atoms with Crippen molar-refractivity contribution in [2.75, 3.05) is 25.0 Å². The Labute approximate surface area is 189 Å². The number of phenols is 1. The highest BCUT2D eigenvalue weighted by Crippen LogP contribution is 2.52. The first-order valence-electron chi connectivity index (χ1n) is 11.8. The van der Waals surface area contributed by atoms with Gasteiger partial charge in [0.15, 0.2) is 0 Å². The first-order valence-corrected chi connectivity index (χ1v) is 11.8. The van der Waals surface area contributed by atoms with E-state index in [9.17, 15) is 14.3 Å². The van der Waals surface area contributed by atoms with Gasteiger partial charge in [-0.15, -0.1) is 0 Å². The molecule has 2 aromatic carbocycles. The van der Waals surface area contributed by atoms with Crippen molar-refractivity contribution < 1.29 is 14.3 Å². The van der Waals surface area contributed by atoms with Crippen LogP contribution in [0, 0.1) is 17.7 Å². The summed E-state index contributed by atoms with van der Waals surface area (Å²) in [5.41, 5.74) is 3.10. The van der Waals surface area contributed by atoms with Gasteiger partial charge in [-0.3, -0.25) is 4.90 Å². The Morgan fingerprint density at radius 1 is 1.22 bits per heavy atom. The summed E-state index contributed by atoms with van der Waals surface area (Å²) in [6.45, 7) is 5.18. The molecular formula is C26H32FN3O2. The summed E-state index contributed by atoms with van der Waals surface area (Å²) in [6.07, 6.45) is 5.62. The maximum atomic E-state index is 13.1. The molecule has 5 nitrogen and oxygen atoms in total. The highest BCUT2D eigenvalue weighted by Gasteiger charge is 2.51. The van der Waals surface area contributed by atoms with E-state index in [0.29, 0.717) is 29.9 Å². The summed E-state index contributed by atoms with van der Waals surface area (Å²) in [6, 6.07) is 11.8. The topological polar surface area (TPSA) is 64.6 Å². The maximum absolute atomic E-state index is 13.1. The molecule has 3 N–H and O–H groups in total. The number of anilines is 1. The third-order valence-corrected chi connectivity index (χ3v) is 7.97. The van der Waals surface area contributed by atoms with Crippen molar-refractivity contribution in [2.45, 2.75) is 50.5 Å². The number of phenolic OH excluding ortho intramolecular Hbond substituents is 1. The van der Waals surface area contributed by atoms with E-state index in [1.165, 1.54) is 42.6 Å². The van der Waals surface area contributed by atoms with Crippen LogP contribution in [-0.2, 0) is 11.8 Å². The van der Waals surface area contributed by atoms with Gasteiger partial charge in [-0.2, -0.15) is 0 Å². The average molecular weight is 438 g/mol. The number of benzene rings is 2. The van der Waals surface area contributed by atoms with E-state index in [1.807, 2.05) is 6.07 Å². The molecule has 0 unspecified atom stereocenters. The van der Waals surface area contributed by atoms with E-state index >= 15 is 0 Å². The van der Waals surface area contributed by atoms with Crippen LogP contribution in [0.2, 0.25) is 0 Å². The number of likely N-dealkylation sites (tertiary alicyclic amines) is 1. The number of hydrogen-bond acceptors (Lipinski definition) is 3. The molecule has 2 bridgehead atoms. The zero-order valence-electron chi connectivity index (χ0n) is 18.6. The smallest absolute Gasteiger partial charge is 0.319 e. The molecule has 3 aliphatic rings. The van der Waals surface area contributed by atoms with Crippen LogP contribution in [0.5, 0.6) is 5.75 Å². The highest BCUT2D eigenvalue weighted by atomic mass is 19.1. The van der Waals surface area contributed by atoms with Crippen molar-refractivity contribution in [3.63, 3.8) is 0 Å².